The molecule has 32 heavy (non-hydrogen) atoms. The van der Waals surface area contributed by atoms with E-state index in [4.69, 9.17) is 0 Å². The molecular formula is C26H22FN3O2. The molecule has 6 heteroatoms. The van der Waals surface area contributed by atoms with Gasteiger partial charge in [0.25, 0.3) is 5.56 Å². The van der Waals surface area contributed by atoms with Gasteiger partial charge in [0.05, 0.1) is 11.7 Å². The molecule has 0 saturated carbocycles. The third-order valence-corrected chi connectivity index (χ3v) is 5.26. The minimum absolute atomic E-state index is 0.339. The van der Waals surface area contributed by atoms with Gasteiger partial charge in [-0.2, -0.15) is 5.10 Å². The third kappa shape index (κ3) is 4.64. The first-order valence-corrected chi connectivity index (χ1v) is 10.3. The smallest absolute Gasteiger partial charge is 0.267 e. The summed E-state index contributed by atoms with van der Waals surface area (Å²) in [6.45, 7) is 1.63. The van der Waals surface area contributed by atoms with E-state index in [2.05, 4.69) is 10.4 Å². The summed E-state index contributed by atoms with van der Waals surface area (Å²) in [6.07, 6.45) is 0. The molecule has 0 aliphatic heterocycles. The number of benzene rings is 3. The second kappa shape index (κ2) is 9.39. The van der Waals surface area contributed by atoms with E-state index in [9.17, 15) is 14.0 Å². The summed E-state index contributed by atoms with van der Waals surface area (Å²) in [4.78, 5) is 25.7. The Labute approximate surface area is 185 Å². The van der Waals surface area contributed by atoms with Crippen LogP contribution >= 0.6 is 0 Å². The molecule has 1 unspecified atom stereocenters. The van der Waals surface area contributed by atoms with Crippen LogP contribution in [0.5, 0.6) is 0 Å². The molecule has 0 bridgehead atoms. The molecule has 3 aromatic carbocycles. The first-order chi connectivity index (χ1) is 15.5. The van der Waals surface area contributed by atoms with Gasteiger partial charge in [0.15, 0.2) is 0 Å². The summed E-state index contributed by atoms with van der Waals surface area (Å²) in [7, 11) is 0. The summed E-state index contributed by atoms with van der Waals surface area (Å²) in [6, 6.07) is 26.8. The number of hydrogen-bond donors (Lipinski definition) is 1. The van der Waals surface area contributed by atoms with E-state index < -0.39 is 11.6 Å². The summed E-state index contributed by atoms with van der Waals surface area (Å²) in [5, 5.41) is 7.42. The Balaban J connectivity index is 1.63. The van der Waals surface area contributed by atoms with Gasteiger partial charge in [-0.15, -0.1) is 0 Å². The van der Waals surface area contributed by atoms with Gasteiger partial charge in [-0.25, -0.2) is 9.07 Å². The Morgan fingerprint density at radius 1 is 0.844 bits per heavy atom. The van der Waals surface area contributed by atoms with Crippen LogP contribution in [0.15, 0.2) is 102 Å². The predicted molar refractivity (Wildman–Crippen MR) is 121 cm³/mol. The highest BCUT2D eigenvalue weighted by Gasteiger charge is 2.23. The number of nitrogens with one attached hydrogen (secondary N) is 1. The fourth-order valence-corrected chi connectivity index (χ4v) is 3.50. The Kier molecular flexibility index (Phi) is 6.22. The van der Waals surface area contributed by atoms with E-state index in [0.717, 1.165) is 15.8 Å². The number of rotatable bonds is 6. The zero-order valence-electron chi connectivity index (χ0n) is 17.5. The SMILES string of the molecule is CC(C(=O)NC(c1ccccc1)c1ccccc1)n1nc(-c2ccc(F)cc2)ccc1=O. The Morgan fingerprint density at radius 3 is 1.97 bits per heavy atom. The average molecular weight is 427 g/mol. The molecule has 0 saturated heterocycles. The van der Waals surface area contributed by atoms with Crippen LogP contribution in [0.4, 0.5) is 4.39 Å². The molecule has 1 N–H and O–H groups in total. The van der Waals surface area contributed by atoms with Crippen molar-refractivity contribution < 1.29 is 9.18 Å². The number of nitrogens with zero attached hydrogens (tertiary/aromatic N) is 2. The highest BCUT2D eigenvalue weighted by Crippen LogP contribution is 2.23. The van der Waals surface area contributed by atoms with Crippen LogP contribution < -0.4 is 10.9 Å². The molecule has 4 rings (SSSR count). The summed E-state index contributed by atoms with van der Waals surface area (Å²) < 4.78 is 14.4. The highest BCUT2D eigenvalue weighted by atomic mass is 19.1. The molecule has 1 amide bonds. The van der Waals surface area contributed by atoms with E-state index in [1.54, 1.807) is 25.1 Å². The van der Waals surface area contributed by atoms with Crippen LogP contribution in [0, 0.1) is 5.82 Å². The number of carbonyl (C=O) groups is 1. The molecule has 1 atom stereocenters. The quantitative estimate of drug-likeness (QED) is 0.492. The molecule has 0 radical (unpaired) electrons. The lowest BCUT2D eigenvalue weighted by atomic mass is 9.98. The zero-order valence-corrected chi connectivity index (χ0v) is 17.5. The largest absolute Gasteiger partial charge is 0.343 e. The van der Waals surface area contributed by atoms with Crippen molar-refractivity contribution in [3.05, 3.63) is 124 Å². The van der Waals surface area contributed by atoms with Crippen molar-refractivity contribution in [1.82, 2.24) is 15.1 Å². The minimum Gasteiger partial charge on any atom is -0.343 e. The Morgan fingerprint density at radius 2 is 1.41 bits per heavy atom. The molecule has 1 heterocycles. The van der Waals surface area contributed by atoms with Crippen LogP contribution in [-0.2, 0) is 4.79 Å². The Bertz CT molecular complexity index is 1220. The minimum atomic E-state index is -0.849. The van der Waals surface area contributed by atoms with Gasteiger partial charge in [-0.1, -0.05) is 60.7 Å². The number of amides is 1. The molecule has 0 aliphatic carbocycles. The molecule has 0 fully saturated rings. The molecule has 4 aromatic rings. The van der Waals surface area contributed by atoms with Crippen LogP contribution in [0.25, 0.3) is 11.3 Å². The standard InChI is InChI=1S/C26H22FN3O2/c1-18(30-24(31)17-16-23(29-30)19-12-14-22(27)15-13-19)26(32)28-25(20-8-4-2-5-9-20)21-10-6-3-7-11-21/h2-18,25H,1H3,(H,28,32). The van der Waals surface area contributed by atoms with E-state index in [1.165, 1.54) is 18.2 Å². The van der Waals surface area contributed by atoms with E-state index in [1.807, 2.05) is 60.7 Å². The fraction of sp³-hybridized carbons (Fsp3) is 0.115. The van der Waals surface area contributed by atoms with Gasteiger partial charge in [-0.05, 0) is 48.4 Å². The van der Waals surface area contributed by atoms with E-state index >= 15 is 0 Å². The topological polar surface area (TPSA) is 64.0 Å². The monoisotopic (exact) mass is 427 g/mol. The zero-order chi connectivity index (χ0) is 22.5. The van der Waals surface area contributed by atoms with E-state index in [-0.39, 0.29) is 17.8 Å². The summed E-state index contributed by atoms with van der Waals surface area (Å²) in [5.74, 6) is -0.698. The van der Waals surface area contributed by atoms with Crippen molar-refractivity contribution in [2.45, 2.75) is 19.0 Å². The van der Waals surface area contributed by atoms with Gasteiger partial charge in [0.1, 0.15) is 11.9 Å². The average Bonchev–Trinajstić information content (AvgIpc) is 2.84. The van der Waals surface area contributed by atoms with Crippen LogP contribution in [0.2, 0.25) is 0 Å². The van der Waals surface area contributed by atoms with Crippen LogP contribution in [0.3, 0.4) is 0 Å². The number of halogens is 1. The van der Waals surface area contributed by atoms with Crippen molar-refractivity contribution in [3.63, 3.8) is 0 Å². The fourth-order valence-electron chi connectivity index (χ4n) is 3.50. The van der Waals surface area contributed by atoms with Gasteiger partial charge in [0, 0.05) is 11.6 Å². The number of aromatic nitrogens is 2. The summed E-state index contributed by atoms with van der Waals surface area (Å²) in [5.41, 5.74) is 2.60. The van der Waals surface area contributed by atoms with Gasteiger partial charge in [0.2, 0.25) is 5.91 Å². The van der Waals surface area contributed by atoms with Crippen LogP contribution in [-0.4, -0.2) is 15.7 Å². The molecule has 0 aliphatic rings. The molecule has 0 spiro atoms. The predicted octanol–water partition coefficient (Wildman–Crippen LogP) is 4.52. The van der Waals surface area contributed by atoms with Crippen molar-refractivity contribution in [1.29, 1.82) is 0 Å². The lowest BCUT2D eigenvalue weighted by Gasteiger charge is -2.22. The van der Waals surface area contributed by atoms with Gasteiger partial charge in [-0.3, -0.25) is 9.59 Å². The third-order valence-electron chi connectivity index (χ3n) is 5.26. The maximum absolute atomic E-state index is 13.3. The van der Waals surface area contributed by atoms with Gasteiger partial charge < -0.3 is 5.32 Å². The second-order valence-electron chi connectivity index (χ2n) is 7.45. The molecule has 160 valence electrons. The van der Waals surface area contributed by atoms with Crippen molar-refractivity contribution >= 4 is 5.91 Å². The molecule has 5 nitrogen and oxygen atoms in total. The lowest BCUT2D eigenvalue weighted by molar-refractivity contribution is -0.124. The first kappa shape index (κ1) is 21.2. The second-order valence-corrected chi connectivity index (χ2v) is 7.45. The van der Waals surface area contributed by atoms with E-state index in [0.29, 0.717) is 11.3 Å². The van der Waals surface area contributed by atoms with Crippen molar-refractivity contribution in [2.24, 2.45) is 0 Å². The Hall–Kier alpha value is -4.06. The lowest BCUT2D eigenvalue weighted by Crippen LogP contribution is -2.39. The molecule has 1 aromatic heterocycles. The first-order valence-electron chi connectivity index (χ1n) is 10.3. The number of hydrogen-bond acceptors (Lipinski definition) is 3. The maximum Gasteiger partial charge on any atom is 0.267 e. The van der Waals surface area contributed by atoms with Crippen LogP contribution in [0.1, 0.15) is 30.1 Å². The normalized spacial score (nSPS) is 11.8. The highest BCUT2D eigenvalue weighted by molar-refractivity contribution is 5.80. The van der Waals surface area contributed by atoms with Crippen molar-refractivity contribution in [2.75, 3.05) is 0 Å². The van der Waals surface area contributed by atoms with Crippen molar-refractivity contribution in [3.8, 4) is 11.3 Å². The molecular weight excluding hydrogens is 405 g/mol. The summed E-state index contributed by atoms with van der Waals surface area (Å²) >= 11 is 0. The maximum atomic E-state index is 13.3. The number of carbonyl (C=O) groups excluding carboxylic acids is 1. The van der Waals surface area contributed by atoms with Gasteiger partial charge >= 0.3 is 0 Å².